The van der Waals surface area contributed by atoms with Gasteiger partial charge in [0, 0.05) is 11.4 Å². The summed E-state index contributed by atoms with van der Waals surface area (Å²) in [5.41, 5.74) is 5.75. The molecule has 0 spiro atoms. The highest BCUT2D eigenvalue weighted by molar-refractivity contribution is 5.40. The van der Waals surface area contributed by atoms with Gasteiger partial charge in [0.2, 0.25) is 0 Å². The third-order valence-electron chi connectivity index (χ3n) is 3.72. The summed E-state index contributed by atoms with van der Waals surface area (Å²) in [4.78, 5) is 4.88. The van der Waals surface area contributed by atoms with Crippen molar-refractivity contribution in [3.05, 3.63) is 28.6 Å². The van der Waals surface area contributed by atoms with Gasteiger partial charge in [0.25, 0.3) is 0 Å². The molecule has 1 atom stereocenters. The van der Waals surface area contributed by atoms with Gasteiger partial charge in [-0.3, -0.25) is 4.98 Å². The van der Waals surface area contributed by atoms with Gasteiger partial charge in [-0.2, -0.15) is 0 Å². The van der Waals surface area contributed by atoms with Gasteiger partial charge >= 0.3 is 0 Å². The fraction of sp³-hybridized carbons (Fsp3) is 0.667. The van der Waals surface area contributed by atoms with E-state index in [1.165, 1.54) is 29.8 Å². The Bertz CT molecular complexity index is 391. The van der Waals surface area contributed by atoms with E-state index in [-0.39, 0.29) is 0 Å². The Morgan fingerprint density at radius 3 is 2.44 bits per heavy atom. The van der Waals surface area contributed by atoms with Crippen LogP contribution in [0.2, 0.25) is 0 Å². The molecule has 1 aliphatic carbocycles. The van der Waals surface area contributed by atoms with Gasteiger partial charge in [-0.1, -0.05) is 34.6 Å². The van der Waals surface area contributed by atoms with Crippen molar-refractivity contribution in [2.45, 2.75) is 65.2 Å². The fourth-order valence-corrected chi connectivity index (χ4v) is 2.62. The van der Waals surface area contributed by atoms with E-state index in [1.807, 2.05) is 0 Å². The predicted molar refractivity (Wildman–Crippen MR) is 69.2 cm³/mol. The van der Waals surface area contributed by atoms with E-state index in [1.54, 1.807) is 5.56 Å². The van der Waals surface area contributed by atoms with Crippen molar-refractivity contribution in [3.8, 4) is 0 Å². The van der Waals surface area contributed by atoms with Crippen LogP contribution in [0.3, 0.4) is 0 Å². The maximum atomic E-state index is 4.88. The summed E-state index contributed by atoms with van der Waals surface area (Å²) in [5, 5.41) is 0. The van der Waals surface area contributed by atoms with Crippen LogP contribution in [0.1, 0.15) is 81.3 Å². The van der Waals surface area contributed by atoms with Crippen LogP contribution in [0, 0.1) is 0 Å². The lowest BCUT2D eigenvalue weighted by molar-refractivity contribution is 0.718. The third kappa shape index (κ3) is 1.88. The fourth-order valence-electron chi connectivity index (χ4n) is 2.62. The molecule has 1 aromatic heterocycles. The second-order valence-corrected chi connectivity index (χ2v) is 5.75. The first kappa shape index (κ1) is 11.6. The minimum absolute atomic E-state index is 0.538. The molecule has 1 heteroatoms. The van der Waals surface area contributed by atoms with Crippen molar-refractivity contribution < 1.29 is 0 Å². The molecule has 1 nitrogen and oxygen atoms in total. The van der Waals surface area contributed by atoms with Gasteiger partial charge in [-0.15, -0.1) is 0 Å². The molecule has 1 aliphatic rings. The zero-order valence-electron chi connectivity index (χ0n) is 11.2. The van der Waals surface area contributed by atoms with Crippen LogP contribution >= 0.6 is 0 Å². The predicted octanol–water partition coefficient (Wildman–Crippen LogP) is 4.38. The van der Waals surface area contributed by atoms with Crippen LogP contribution in [0.15, 0.2) is 6.07 Å². The molecule has 1 unspecified atom stereocenters. The number of pyridine rings is 1. The normalized spacial score (nSPS) is 19.6. The standard InChI is InChI=1S/C15H23N/c1-9(2)13-8-14(10(3)4)16-15-11(5)6-7-12(13)15/h8-11H,6-7H2,1-5H3. The lowest BCUT2D eigenvalue weighted by Gasteiger charge is -2.16. The zero-order chi connectivity index (χ0) is 11.9. The van der Waals surface area contributed by atoms with Gasteiger partial charge in [-0.05, 0) is 47.8 Å². The first-order valence-electron chi connectivity index (χ1n) is 6.54. The molecule has 2 rings (SSSR count). The Kier molecular flexibility index (Phi) is 3.05. The molecule has 1 heterocycles. The maximum Gasteiger partial charge on any atom is 0.0470 e. The van der Waals surface area contributed by atoms with Gasteiger partial charge in [0.1, 0.15) is 0 Å². The van der Waals surface area contributed by atoms with E-state index in [0.29, 0.717) is 17.8 Å². The second-order valence-electron chi connectivity index (χ2n) is 5.75. The number of hydrogen-bond acceptors (Lipinski definition) is 1. The zero-order valence-corrected chi connectivity index (χ0v) is 11.2. The Balaban J connectivity index is 2.57. The van der Waals surface area contributed by atoms with Gasteiger partial charge in [-0.25, -0.2) is 0 Å². The van der Waals surface area contributed by atoms with Crippen LogP contribution in [-0.4, -0.2) is 4.98 Å². The molecular weight excluding hydrogens is 194 g/mol. The van der Waals surface area contributed by atoms with Crippen LogP contribution in [0.4, 0.5) is 0 Å². The number of nitrogens with zero attached hydrogens (tertiary/aromatic N) is 1. The van der Waals surface area contributed by atoms with Crippen molar-refractivity contribution in [1.29, 1.82) is 0 Å². The van der Waals surface area contributed by atoms with Crippen LogP contribution in [0.25, 0.3) is 0 Å². The lowest BCUT2D eigenvalue weighted by Crippen LogP contribution is -2.04. The van der Waals surface area contributed by atoms with Crippen LogP contribution in [0.5, 0.6) is 0 Å². The summed E-state index contributed by atoms with van der Waals surface area (Å²) in [6, 6.07) is 2.34. The van der Waals surface area contributed by atoms with E-state index in [9.17, 15) is 0 Å². The molecule has 0 aliphatic heterocycles. The smallest absolute Gasteiger partial charge is 0.0470 e. The summed E-state index contributed by atoms with van der Waals surface area (Å²) < 4.78 is 0. The van der Waals surface area contributed by atoms with E-state index in [0.717, 1.165) is 0 Å². The summed E-state index contributed by atoms with van der Waals surface area (Å²) in [6.45, 7) is 11.4. The summed E-state index contributed by atoms with van der Waals surface area (Å²) in [5.74, 6) is 1.82. The highest BCUT2D eigenvalue weighted by atomic mass is 14.7. The van der Waals surface area contributed by atoms with E-state index in [4.69, 9.17) is 4.98 Å². The number of rotatable bonds is 2. The summed E-state index contributed by atoms with van der Waals surface area (Å²) in [7, 11) is 0. The maximum absolute atomic E-state index is 4.88. The highest BCUT2D eigenvalue weighted by Gasteiger charge is 2.25. The Morgan fingerprint density at radius 1 is 1.19 bits per heavy atom. The number of hydrogen-bond donors (Lipinski definition) is 0. The quantitative estimate of drug-likeness (QED) is 0.716. The Labute approximate surface area is 99.3 Å². The molecule has 0 N–H and O–H groups in total. The van der Waals surface area contributed by atoms with Gasteiger partial charge in [0.05, 0.1) is 0 Å². The van der Waals surface area contributed by atoms with Crippen molar-refractivity contribution in [1.82, 2.24) is 4.98 Å². The molecule has 88 valence electrons. The lowest BCUT2D eigenvalue weighted by atomic mass is 9.94. The Morgan fingerprint density at radius 2 is 1.88 bits per heavy atom. The molecule has 0 saturated heterocycles. The van der Waals surface area contributed by atoms with Crippen molar-refractivity contribution in [3.63, 3.8) is 0 Å². The molecule has 0 radical (unpaired) electrons. The molecule has 0 bridgehead atoms. The average Bonchev–Trinajstić information content (AvgIpc) is 2.59. The molecule has 0 saturated carbocycles. The molecule has 0 amide bonds. The van der Waals surface area contributed by atoms with Crippen molar-refractivity contribution in [2.75, 3.05) is 0 Å². The number of fused-ring (bicyclic) bond motifs is 1. The minimum Gasteiger partial charge on any atom is -0.257 e. The second kappa shape index (κ2) is 4.20. The average molecular weight is 217 g/mol. The number of aromatic nitrogens is 1. The van der Waals surface area contributed by atoms with Crippen LogP contribution in [-0.2, 0) is 6.42 Å². The molecule has 0 fully saturated rings. The van der Waals surface area contributed by atoms with Gasteiger partial charge in [0.15, 0.2) is 0 Å². The van der Waals surface area contributed by atoms with E-state index >= 15 is 0 Å². The first-order valence-corrected chi connectivity index (χ1v) is 6.54. The Hall–Kier alpha value is -0.850. The molecule has 1 aromatic rings. The van der Waals surface area contributed by atoms with E-state index < -0.39 is 0 Å². The summed E-state index contributed by atoms with van der Waals surface area (Å²) >= 11 is 0. The van der Waals surface area contributed by atoms with Crippen molar-refractivity contribution in [2.24, 2.45) is 0 Å². The summed E-state index contributed by atoms with van der Waals surface area (Å²) in [6.07, 6.45) is 2.51. The first-order chi connectivity index (χ1) is 7.50. The van der Waals surface area contributed by atoms with Gasteiger partial charge < -0.3 is 0 Å². The highest BCUT2D eigenvalue weighted by Crippen LogP contribution is 2.37. The van der Waals surface area contributed by atoms with Crippen molar-refractivity contribution >= 4 is 0 Å². The molecular formula is C15H23N. The minimum atomic E-state index is 0.538. The monoisotopic (exact) mass is 217 g/mol. The third-order valence-corrected chi connectivity index (χ3v) is 3.72. The van der Waals surface area contributed by atoms with E-state index in [2.05, 4.69) is 40.7 Å². The van der Waals surface area contributed by atoms with Crippen LogP contribution < -0.4 is 0 Å². The largest absolute Gasteiger partial charge is 0.257 e. The SMILES string of the molecule is CC(C)c1cc(C(C)C)c2c(n1)C(C)CC2. The molecule has 0 aromatic carbocycles. The topological polar surface area (TPSA) is 12.9 Å². The molecule has 16 heavy (non-hydrogen) atoms.